The van der Waals surface area contributed by atoms with Crippen LogP contribution < -0.4 is 9.64 Å². The van der Waals surface area contributed by atoms with Gasteiger partial charge in [-0.2, -0.15) is 0 Å². The first kappa shape index (κ1) is 29.4. The molecule has 2 heteroatoms. The SMILES string of the molecule is CC1(C)c2ccccc2-c2ccc(N(c3ccccc3)c3cccc4c3-c3ccccc3C43c4ccccc4Oc4cc5ccccc5cc43)cc21. The summed E-state index contributed by atoms with van der Waals surface area (Å²) in [4.78, 5) is 2.47. The second-order valence-electron chi connectivity index (χ2n) is 14.9. The van der Waals surface area contributed by atoms with Crippen molar-refractivity contribution >= 4 is 27.8 Å². The Morgan fingerprint density at radius 2 is 1.04 bits per heavy atom. The lowest BCUT2D eigenvalue weighted by atomic mass is 9.66. The Morgan fingerprint density at radius 1 is 0.404 bits per heavy atom. The van der Waals surface area contributed by atoms with Gasteiger partial charge in [0.05, 0.1) is 11.1 Å². The minimum absolute atomic E-state index is 0.113. The van der Waals surface area contributed by atoms with E-state index in [-0.39, 0.29) is 5.41 Å². The van der Waals surface area contributed by atoms with Gasteiger partial charge in [-0.25, -0.2) is 0 Å². The zero-order valence-electron chi connectivity index (χ0n) is 29.1. The van der Waals surface area contributed by atoms with E-state index in [0.717, 1.165) is 28.6 Å². The normalized spacial score (nSPS) is 16.7. The van der Waals surface area contributed by atoms with Crippen LogP contribution >= 0.6 is 0 Å². The Bertz CT molecular complexity index is 2760. The maximum atomic E-state index is 6.80. The second-order valence-corrected chi connectivity index (χ2v) is 14.9. The first-order chi connectivity index (χ1) is 25.5. The summed E-state index contributed by atoms with van der Waals surface area (Å²) in [6.45, 7) is 4.72. The van der Waals surface area contributed by atoms with Gasteiger partial charge in [0.1, 0.15) is 11.5 Å². The van der Waals surface area contributed by atoms with Crippen LogP contribution in [-0.4, -0.2) is 0 Å². The van der Waals surface area contributed by atoms with Crippen LogP contribution in [-0.2, 0) is 10.8 Å². The highest BCUT2D eigenvalue weighted by Gasteiger charge is 2.52. The third kappa shape index (κ3) is 3.79. The summed E-state index contributed by atoms with van der Waals surface area (Å²) in [5.74, 6) is 1.81. The van der Waals surface area contributed by atoms with Crippen LogP contribution in [0.1, 0.15) is 47.2 Å². The Labute approximate surface area is 304 Å². The topological polar surface area (TPSA) is 12.5 Å². The van der Waals surface area contributed by atoms with E-state index in [1.54, 1.807) is 0 Å². The molecule has 0 aromatic heterocycles. The van der Waals surface area contributed by atoms with Gasteiger partial charge in [-0.1, -0.05) is 141 Å². The van der Waals surface area contributed by atoms with Gasteiger partial charge in [-0.05, 0) is 98.2 Å². The molecule has 1 unspecified atom stereocenters. The molecule has 2 nitrogen and oxygen atoms in total. The van der Waals surface area contributed by atoms with Gasteiger partial charge in [0, 0.05) is 33.5 Å². The minimum atomic E-state index is -0.569. The van der Waals surface area contributed by atoms with Crippen molar-refractivity contribution in [2.24, 2.45) is 0 Å². The van der Waals surface area contributed by atoms with E-state index in [2.05, 4.69) is 195 Å². The first-order valence-electron chi connectivity index (χ1n) is 18.2. The molecule has 0 radical (unpaired) electrons. The van der Waals surface area contributed by atoms with Crippen LogP contribution in [0.15, 0.2) is 176 Å². The number of rotatable bonds is 3. The highest BCUT2D eigenvalue weighted by Crippen LogP contribution is 2.64. The second kappa shape index (κ2) is 10.6. The smallest absolute Gasteiger partial charge is 0.132 e. The van der Waals surface area contributed by atoms with Crippen LogP contribution in [0.25, 0.3) is 33.0 Å². The molecule has 11 rings (SSSR count). The molecular formula is C50H35NO. The van der Waals surface area contributed by atoms with Crippen molar-refractivity contribution in [3.8, 4) is 33.8 Å². The van der Waals surface area contributed by atoms with E-state index >= 15 is 0 Å². The van der Waals surface area contributed by atoms with Gasteiger partial charge in [-0.15, -0.1) is 0 Å². The molecule has 1 spiro atoms. The Morgan fingerprint density at radius 3 is 1.87 bits per heavy atom. The first-order valence-corrected chi connectivity index (χ1v) is 18.2. The zero-order chi connectivity index (χ0) is 34.6. The van der Waals surface area contributed by atoms with Crippen LogP contribution in [0.2, 0.25) is 0 Å². The van der Waals surface area contributed by atoms with Crippen molar-refractivity contribution in [3.05, 3.63) is 209 Å². The molecule has 0 saturated carbocycles. The van der Waals surface area contributed by atoms with E-state index in [0.29, 0.717) is 0 Å². The Hall–Kier alpha value is -6.38. The summed E-state index contributed by atoms with van der Waals surface area (Å²) in [5.41, 5.74) is 15.6. The maximum Gasteiger partial charge on any atom is 0.132 e. The zero-order valence-corrected chi connectivity index (χ0v) is 29.1. The third-order valence-electron chi connectivity index (χ3n) is 11.9. The van der Waals surface area contributed by atoms with Crippen molar-refractivity contribution in [2.45, 2.75) is 24.7 Å². The fraction of sp³-hybridized carbons (Fsp3) is 0.0800. The summed E-state index contributed by atoms with van der Waals surface area (Å²) in [7, 11) is 0. The summed E-state index contributed by atoms with van der Waals surface area (Å²) in [5, 5.41) is 2.38. The number of fused-ring (bicyclic) bond motifs is 13. The number of hydrogen-bond donors (Lipinski definition) is 0. The molecule has 1 heterocycles. The van der Waals surface area contributed by atoms with Crippen molar-refractivity contribution in [1.82, 2.24) is 0 Å². The molecule has 0 bridgehead atoms. The van der Waals surface area contributed by atoms with E-state index in [9.17, 15) is 0 Å². The van der Waals surface area contributed by atoms with Gasteiger partial charge in [0.2, 0.25) is 0 Å². The lowest BCUT2D eigenvalue weighted by Gasteiger charge is -2.39. The molecule has 0 saturated heterocycles. The largest absolute Gasteiger partial charge is 0.457 e. The van der Waals surface area contributed by atoms with Gasteiger partial charge >= 0.3 is 0 Å². The molecule has 246 valence electrons. The van der Waals surface area contributed by atoms with Gasteiger partial charge in [-0.3, -0.25) is 0 Å². The van der Waals surface area contributed by atoms with Crippen LogP contribution in [0.5, 0.6) is 11.5 Å². The van der Waals surface area contributed by atoms with Crippen molar-refractivity contribution in [1.29, 1.82) is 0 Å². The van der Waals surface area contributed by atoms with Gasteiger partial charge in [0.15, 0.2) is 0 Å². The fourth-order valence-corrected chi connectivity index (χ4v) is 9.64. The number of nitrogens with zero attached hydrogens (tertiary/aromatic N) is 1. The average molecular weight is 666 g/mol. The molecule has 52 heavy (non-hydrogen) atoms. The molecule has 8 aromatic carbocycles. The standard InChI is InChI=1S/C50H35NO/c1-49(2)39-21-10-8-19-36(39)37-28-27-35(31-43(37)49)51(34-17-4-3-5-18-34)45-25-14-24-42-48(45)38-20-9-11-22-40(38)50(42)41-23-12-13-26-46(41)52-47-30-33-16-7-6-15-32(33)29-44(47)50/h3-31H,1-2H3. The van der Waals surface area contributed by atoms with Crippen LogP contribution in [0.3, 0.4) is 0 Å². The lowest BCUT2D eigenvalue weighted by Crippen LogP contribution is -2.32. The van der Waals surface area contributed by atoms with E-state index in [1.807, 2.05) is 0 Å². The monoisotopic (exact) mass is 665 g/mol. The molecular weight excluding hydrogens is 631 g/mol. The van der Waals surface area contributed by atoms with Crippen molar-refractivity contribution < 1.29 is 4.74 Å². The van der Waals surface area contributed by atoms with E-state index in [4.69, 9.17) is 4.74 Å². The predicted molar refractivity (Wildman–Crippen MR) is 214 cm³/mol. The van der Waals surface area contributed by atoms with Crippen molar-refractivity contribution in [3.63, 3.8) is 0 Å². The number of anilines is 3. The lowest BCUT2D eigenvalue weighted by molar-refractivity contribution is 0.437. The molecule has 0 N–H and O–H groups in total. The van der Waals surface area contributed by atoms with E-state index < -0.39 is 5.41 Å². The highest BCUT2D eigenvalue weighted by atomic mass is 16.5. The molecule has 0 amide bonds. The average Bonchev–Trinajstić information content (AvgIpc) is 3.61. The minimum Gasteiger partial charge on any atom is -0.457 e. The highest BCUT2D eigenvalue weighted by molar-refractivity contribution is 6.00. The van der Waals surface area contributed by atoms with Crippen LogP contribution in [0, 0.1) is 0 Å². The molecule has 8 aromatic rings. The number of benzene rings is 8. The van der Waals surface area contributed by atoms with Gasteiger partial charge < -0.3 is 9.64 Å². The van der Waals surface area contributed by atoms with Gasteiger partial charge in [0.25, 0.3) is 0 Å². The Kier molecular flexibility index (Phi) is 5.97. The fourth-order valence-electron chi connectivity index (χ4n) is 9.64. The third-order valence-corrected chi connectivity index (χ3v) is 11.9. The molecule has 1 atom stereocenters. The molecule has 1 aliphatic heterocycles. The molecule has 3 aliphatic rings. The van der Waals surface area contributed by atoms with E-state index in [1.165, 1.54) is 66.4 Å². The van der Waals surface area contributed by atoms with Crippen molar-refractivity contribution in [2.75, 3.05) is 4.90 Å². The summed E-state index contributed by atoms with van der Waals surface area (Å²) >= 11 is 0. The summed E-state index contributed by atoms with van der Waals surface area (Å²) in [6.07, 6.45) is 0. The van der Waals surface area contributed by atoms with Crippen LogP contribution in [0.4, 0.5) is 17.1 Å². The molecule has 2 aliphatic carbocycles. The summed E-state index contributed by atoms with van der Waals surface area (Å²) < 4.78 is 6.80. The maximum absolute atomic E-state index is 6.80. The number of para-hydroxylation sites is 2. The summed E-state index contributed by atoms with van der Waals surface area (Å²) in [6, 6.07) is 64.6. The molecule has 0 fully saturated rings. The predicted octanol–water partition coefficient (Wildman–Crippen LogP) is 13.1. The number of hydrogen-bond acceptors (Lipinski definition) is 2. The Balaban J connectivity index is 1.22. The quantitative estimate of drug-likeness (QED) is 0.186. The number of ether oxygens (including phenoxy) is 1.